The van der Waals surface area contributed by atoms with E-state index in [1.807, 2.05) is 0 Å². The highest BCUT2D eigenvalue weighted by molar-refractivity contribution is 5.93. The third-order valence-corrected chi connectivity index (χ3v) is 4.05. The van der Waals surface area contributed by atoms with Crippen LogP contribution in [0.1, 0.15) is 21.7 Å². The van der Waals surface area contributed by atoms with Crippen LogP contribution in [0.5, 0.6) is 5.75 Å². The highest BCUT2D eigenvalue weighted by atomic mass is 16.6. The molecule has 0 saturated heterocycles. The first-order valence-corrected chi connectivity index (χ1v) is 8.80. The summed E-state index contributed by atoms with van der Waals surface area (Å²) < 4.78 is 6.57. The van der Waals surface area contributed by atoms with Gasteiger partial charge in [-0.05, 0) is 29.2 Å². The third-order valence-electron chi connectivity index (χ3n) is 4.05. The molecule has 0 radical (unpaired) electrons. The van der Waals surface area contributed by atoms with Crippen LogP contribution < -0.4 is 10.2 Å². The van der Waals surface area contributed by atoms with Gasteiger partial charge in [-0.2, -0.15) is 5.10 Å². The molecule has 1 aromatic heterocycles. The Hall–Kier alpha value is -4.34. The number of carbonyl (C=O) groups is 2. The zero-order chi connectivity index (χ0) is 21.5. The number of hydrogen-bond donors (Lipinski definition) is 1. The van der Waals surface area contributed by atoms with Gasteiger partial charge >= 0.3 is 11.8 Å². The second kappa shape index (κ2) is 9.24. The zero-order valence-electron chi connectivity index (χ0n) is 15.9. The maximum absolute atomic E-state index is 12.2. The fourth-order valence-electron chi connectivity index (χ4n) is 2.56. The molecule has 30 heavy (non-hydrogen) atoms. The molecule has 0 aliphatic rings. The van der Waals surface area contributed by atoms with Gasteiger partial charge in [0.1, 0.15) is 11.9 Å². The van der Waals surface area contributed by atoms with Crippen LogP contribution >= 0.6 is 0 Å². The highest BCUT2D eigenvalue weighted by Crippen LogP contribution is 2.18. The van der Waals surface area contributed by atoms with Crippen LogP contribution in [0, 0.1) is 17.0 Å². The lowest BCUT2D eigenvalue weighted by atomic mass is 10.2. The van der Waals surface area contributed by atoms with Crippen LogP contribution in [0.3, 0.4) is 0 Å². The molecule has 10 heteroatoms. The Morgan fingerprint density at radius 2 is 1.90 bits per heavy atom. The summed E-state index contributed by atoms with van der Waals surface area (Å²) in [6.45, 7) is 1.24. The van der Waals surface area contributed by atoms with Crippen molar-refractivity contribution in [2.24, 2.45) is 5.10 Å². The number of carbonyl (C=O) groups excluding carboxylic acids is 2. The average Bonchev–Trinajstić information content (AvgIpc) is 3.10. The number of hydrogen-bond acceptors (Lipinski definition) is 7. The minimum Gasteiger partial charge on any atom is -0.422 e. The van der Waals surface area contributed by atoms with Crippen molar-refractivity contribution in [2.75, 3.05) is 0 Å². The molecule has 1 amide bonds. The summed E-state index contributed by atoms with van der Waals surface area (Å²) in [5.41, 5.74) is 3.16. The molecule has 0 atom stereocenters. The first kappa shape index (κ1) is 20.4. The number of hydrazone groups is 1. The lowest BCUT2D eigenvalue weighted by molar-refractivity contribution is -0.392. The van der Waals surface area contributed by atoms with Crippen LogP contribution in [-0.2, 0) is 11.3 Å². The normalized spacial score (nSPS) is 10.7. The summed E-state index contributed by atoms with van der Waals surface area (Å²) in [7, 11) is 0. The molecule has 152 valence electrons. The molecule has 0 aliphatic carbocycles. The number of esters is 1. The molecule has 10 nitrogen and oxygen atoms in total. The number of nitrogens with one attached hydrogen (secondary N) is 1. The largest absolute Gasteiger partial charge is 0.422 e. The fraction of sp³-hybridized carbons (Fsp3) is 0.100. The van der Waals surface area contributed by atoms with E-state index in [0.29, 0.717) is 17.0 Å². The van der Waals surface area contributed by atoms with E-state index in [1.54, 1.807) is 61.5 Å². The van der Waals surface area contributed by atoms with Gasteiger partial charge in [0, 0.05) is 12.5 Å². The van der Waals surface area contributed by atoms with E-state index in [0.717, 1.165) is 6.20 Å². The van der Waals surface area contributed by atoms with Gasteiger partial charge in [-0.25, -0.2) is 19.8 Å². The Morgan fingerprint density at radius 1 is 1.20 bits per heavy atom. The van der Waals surface area contributed by atoms with E-state index in [2.05, 4.69) is 15.5 Å². The van der Waals surface area contributed by atoms with Crippen LogP contribution in [0.15, 0.2) is 65.9 Å². The smallest absolute Gasteiger partial charge is 0.343 e. The molecule has 0 spiro atoms. The van der Waals surface area contributed by atoms with E-state index in [-0.39, 0.29) is 18.1 Å². The van der Waals surface area contributed by atoms with Crippen molar-refractivity contribution >= 4 is 23.9 Å². The molecule has 0 fully saturated rings. The molecular formula is C20H17N5O5. The Morgan fingerprint density at radius 3 is 2.63 bits per heavy atom. The number of aromatic nitrogens is 2. The topological polar surface area (TPSA) is 129 Å². The summed E-state index contributed by atoms with van der Waals surface area (Å²) in [5.74, 6) is -0.785. The summed E-state index contributed by atoms with van der Waals surface area (Å²) >= 11 is 0. The Bertz CT molecular complexity index is 1110. The number of ether oxygens (including phenoxy) is 1. The van der Waals surface area contributed by atoms with Gasteiger partial charge in [-0.15, -0.1) is 0 Å². The fourth-order valence-corrected chi connectivity index (χ4v) is 2.56. The van der Waals surface area contributed by atoms with E-state index in [4.69, 9.17) is 4.74 Å². The average molecular weight is 407 g/mol. The summed E-state index contributed by atoms with van der Waals surface area (Å²) in [6, 6.07) is 15.2. The van der Waals surface area contributed by atoms with Crippen molar-refractivity contribution in [3.63, 3.8) is 0 Å². The number of nitrogens with zero attached hydrogens (tertiary/aromatic N) is 4. The van der Waals surface area contributed by atoms with Gasteiger partial charge in [0.15, 0.2) is 12.4 Å². The lowest BCUT2D eigenvalue weighted by Crippen LogP contribution is -2.24. The van der Waals surface area contributed by atoms with Crippen LogP contribution in [0.25, 0.3) is 0 Å². The zero-order valence-corrected chi connectivity index (χ0v) is 15.9. The van der Waals surface area contributed by atoms with Crippen molar-refractivity contribution < 1.29 is 19.2 Å². The molecule has 2 aromatic carbocycles. The Kier molecular flexibility index (Phi) is 6.28. The summed E-state index contributed by atoms with van der Waals surface area (Å²) in [4.78, 5) is 38.5. The molecular weight excluding hydrogens is 390 g/mol. The molecule has 3 aromatic rings. The van der Waals surface area contributed by atoms with Crippen molar-refractivity contribution in [1.82, 2.24) is 15.0 Å². The minimum atomic E-state index is -0.617. The number of rotatable bonds is 7. The van der Waals surface area contributed by atoms with Crippen LogP contribution in [-0.4, -0.2) is 32.6 Å². The monoisotopic (exact) mass is 407 g/mol. The SMILES string of the molecule is Cc1ncc([N+](=O)[O-])n1CC(=O)N/N=C/c1ccccc1OC(=O)c1ccccc1. The predicted molar refractivity (Wildman–Crippen MR) is 107 cm³/mol. The number of imidazole rings is 1. The van der Waals surface area contributed by atoms with E-state index in [1.165, 1.54) is 10.8 Å². The first-order chi connectivity index (χ1) is 14.5. The van der Waals surface area contributed by atoms with E-state index < -0.39 is 16.8 Å². The molecule has 0 aliphatic heterocycles. The van der Waals surface area contributed by atoms with Gasteiger partial charge in [-0.3, -0.25) is 4.79 Å². The quantitative estimate of drug-likeness (QED) is 0.211. The molecule has 0 bridgehead atoms. The number of benzene rings is 2. The van der Waals surface area contributed by atoms with Crippen molar-refractivity contribution in [2.45, 2.75) is 13.5 Å². The molecule has 3 rings (SSSR count). The molecule has 0 saturated carbocycles. The summed E-state index contributed by atoms with van der Waals surface area (Å²) in [5, 5.41) is 14.8. The Balaban J connectivity index is 1.66. The van der Waals surface area contributed by atoms with Crippen LogP contribution in [0.2, 0.25) is 0 Å². The lowest BCUT2D eigenvalue weighted by Gasteiger charge is -2.07. The third kappa shape index (κ3) is 4.93. The van der Waals surface area contributed by atoms with Gasteiger partial charge < -0.3 is 14.9 Å². The van der Waals surface area contributed by atoms with Gasteiger partial charge in [0.05, 0.1) is 11.8 Å². The second-order valence-corrected chi connectivity index (χ2v) is 6.09. The first-order valence-electron chi connectivity index (χ1n) is 8.80. The molecule has 0 unspecified atom stereocenters. The summed E-state index contributed by atoms with van der Waals surface area (Å²) in [6.07, 6.45) is 2.41. The predicted octanol–water partition coefficient (Wildman–Crippen LogP) is 2.47. The number of aryl methyl sites for hydroxylation is 1. The molecule has 1 N–H and O–H groups in total. The van der Waals surface area contributed by atoms with Gasteiger partial charge in [0.2, 0.25) is 0 Å². The maximum Gasteiger partial charge on any atom is 0.343 e. The molecule has 1 heterocycles. The van der Waals surface area contributed by atoms with Crippen molar-refractivity contribution in [3.8, 4) is 5.75 Å². The minimum absolute atomic E-state index is 0.269. The second-order valence-electron chi connectivity index (χ2n) is 6.09. The number of nitro groups is 1. The maximum atomic E-state index is 12.2. The Labute approximate surface area is 171 Å². The van der Waals surface area contributed by atoms with Crippen molar-refractivity contribution in [1.29, 1.82) is 0 Å². The number of para-hydroxylation sites is 1. The standard InChI is InChI=1S/C20H17N5O5/c1-14-21-12-19(25(28)29)24(14)13-18(26)23-22-11-16-9-5-6-10-17(16)30-20(27)15-7-3-2-4-8-15/h2-12H,13H2,1H3,(H,23,26)/b22-11+. The van der Waals surface area contributed by atoms with E-state index >= 15 is 0 Å². The van der Waals surface area contributed by atoms with Gasteiger partial charge in [0.25, 0.3) is 5.91 Å². The number of amides is 1. The van der Waals surface area contributed by atoms with Crippen molar-refractivity contribution in [3.05, 3.63) is 87.9 Å². The van der Waals surface area contributed by atoms with E-state index in [9.17, 15) is 19.7 Å². The highest BCUT2D eigenvalue weighted by Gasteiger charge is 2.20. The van der Waals surface area contributed by atoms with Gasteiger partial charge in [-0.1, -0.05) is 30.3 Å². The van der Waals surface area contributed by atoms with Crippen LogP contribution in [0.4, 0.5) is 5.82 Å².